The smallest absolute Gasteiger partial charge is 0.232 e. The molecule has 17 heavy (non-hydrogen) atoms. The van der Waals surface area contributed by atoms with Crippen LogP contribution in [0.4, 0.5) is 5.82 Å². The molecule has 1 aromatic heterocycles. The molecule has 2 N–H and O–H groups in total. The zero-order chi connectivity index (χ0) is 12.1. The first-order chi connectivity index (χ1) is 8.25. The number of likely N-dealkylation sites (tertiary alicyclic amines) is 1. The molecule has 1 amide bonds. The van der Waals surface area contributed by atoms with Gasteiger partial charge in [0.25, 0.3) is 0 Å². The molecule has 92 valence electrons. The molecule has 0 spiro atoms. The maximum absolute atomic E-state index is 11.9. The fourth-order valence-electron chi connectivity index (χ4n) is 1.86. The van der Waals surface area contributed by atoms with E-state index in [-0.39, 0.29) is 5.91 Å². The Balaban J connectivity index is 1.81. The minimum absolute atomic E-state index is 0.228. The van der Waals surface area contributed by atoms with E-state index in [1.165, 1.54) is 18.2 Å². The molecule has 0 saturated carbocycles. The Morgan fingerprint density at radius 3 is 2.76 bits per heavy atom. The van der Waals surface area contributed by atoms with Gasteiger partial charge in [0.15, 0.2) is 0 Å². The van der Waals surface area contributed by atoms with Crippen LogP contribution in [0.3, 0.4) is 0 Å². The van der Waals surface area contributed by atoms with Gasteiger partial charge < -0.3 is 10.6 Å². The van der Waals surface area contributed by atoms with Gasteiger partial charge in [-0.1, -0.05) is 0 Å². The Hall–Kier alpha value is -1.23. The van der Waals surface area contributed by atoms with Gasteiger partial charge in [-0.3, -0.25) is 4.79 Å². The summed E-state index contributed by atoms with van der Waals surface area (Å²) in [5.41, 5.74) is 5.50. The average Bonchev–Trinajstić information content (AvgIpc) is 2.39. The first kappa shape index (κ1) is 12.2. The number of amides is 1. The van der Waals surface area contributed by atoms with E-state index in [4.69, 9.17) is 5.73 Å². The summed E-state index contributed by atoms with van der Waals surface area (Å²) in [6.07, 6.45) is 5.24. The first-order valence-corrected chi connectivity index (χ1v) is 6.86. The minimum Gasteiger partial charge on any atom is -0.384 e. The van der Waals surface area contributed by atoms with Gasteiger partial charge in [-0.15, -0.1) is 11.8 Å². The number of pyridine rings is 1. The number of anilines is 1. The van der Waals surface area contributed by atoms with Crippen molar-refractivity contribution in [3.8, 4) is 0 Å². The van der Waals surface area contributed by atoms with E-state index in [1.54, 1.807) is 12.3 Å². The molecule has 0 unspecified atom stereocenters. The second-order valence-corrected chi connectivity index (χ2v) is 5.20. The first-order valence-electron chi connectivity index (χ1n) is 5.88. The number of thioether (sulfide) groups is 1. The Morgan fingerprint density at radius 1 is 1.35 bits per heavy atom. The van der Waals surface area contributed by atoms with Gasteiger partial charge in [-0.25, -0.2) is 4.98 Å². The van der Waals surface area contributed by atoms with Crippen molar-refractivity contribution in [3.05, 3.63) is 18.3 Å². The molecule has 1 fully saturated rings. The highest BCUT2D eigenvalue weighted by Gasteiger charge is 2.16. The van der Waals surface area contributed by atoms with Gasteiger partial charge in [0, 0.05) is 24.2 Å². The lowest BCUT2D eigenvalue weighted by molar-refractivity contribution is -0.129. The van der Waals surface area contributed by atoms with Crippen molar-refractivity contribution >= 4 is 23.5 Å². The van der Waals surface area contributed by atoms with Crippen LogP contribution in [0.25, 0.3) is 0 Å². The lowest BCUT2D eigenvalue weighted by Gasteiger charge is -2.26. The lowest BCUT2D eigenvalue weighted by Crippen LogP contribution is -2.36. The fraction of sp³-hybridized carbons (Fsp3) is 0.500. The number of aromatic nitrogens is 1. The molecule has 2 rings (SSSR count). The van der Waals surface area contributed by atoms with Gasteiger partial charge >= 0.3 is 0 Å². The summed E-state index contributed by atoms with van der Waals surface area (Å²) in [4.78, 5) is 18.8. The van der Waals surface area contributed by atoms with E-state index in [9.17, 15) is 4.79 Å². The van der Waals surface area contributed by atoms with E-state index < -0.39 is 0 Å². The maximum atomic E-state index is 11.9. The Bertz CT molecular complexity index is 374. The van der Waals surface area contributed by atoms with Crippen LogP contribution in [0.5, 0.6) is 0 Å². The molecular weight excluding hydrogens is 234 g/mol. The van der Waals surface area contributed by atoms with Crippen LogP contribution in [0.1, 0.15) is 19.3 Å². The quantitative estimate of drug-likeness (QED) is 0.832. The highest BCUT2D eigenvalue weighted by atomic mass is 32.2. The van der Waals surface area contributed by atoms with Crippen molar-refractivity contribution in [2.75, 3.05) is 24.6 Å². The van der Waals surface area contributed by atoms with Crippen LogP contribution in [0, 0.1) is 0 Å². The van der Waals surface area contributed by atoms with Gasteiger partial charge in [0.05, 0.1) is 5.75 Å². The number of carbonyl (C=O) groups excluding carboxylic acids is 1. The van der Waals surface area contributed by atoms with Crippen molar-refractivity contribution in [2.24, 2.45) is 0 Å². The molecule has 0 bridgehead atoms. The van der Waals surface area contributed by atoms with Gasteiger partial charge in [-0.05, 0) is 31.4 Å². The summed E-state index contributed by atoms with van der Waals surface area (Å²) in [6, 6.07) is 3.66. The molecule has 1 aliphatic heterocycles. The van der Waals surface area contributed by atoms with Gasteiger partial charge in [-0.2, -0.15) is 0 Å². The number of nitrogens with two attached hydrogens (primary N) is 1. The molecule has 0 aliphatic carbocycles. The summed E-state index contributed by atoms with van der Waals surface area (Å²) in [6.45, 7) is 1.83. The molecule has 0 radical (unpaired) electrons. The topological polar surface area (TPSA) is 59.2 Å². The van der Waals surface area contributed by atoms with Gasteiger partial charge in [0.2, 0.25) is 5.91 Å². The fourth-order valence-corrected chi connectivity index (χ4v) is 2.62. The monoisotopic (exact) mass is 251 g/mol. The van der Waals surface area contributed by atoms with Crippen LogP contribution in [0.2, 0.25) is 0 Å². The average molecular weight is 251 g/mol. The van der Waals surface area contributed by atoms with E-state index in [2.05, 4.69) is 4.98 Å². The summed E-state index contributed by atoms with van der Waals surface area (Å²) >= 11 is 1.52. The molecule has 4 nitrogen and oxygen atoms in total. The zero-order valence-electron chi connectivity index (χ0n) is 9.76. The summed E-state index contributed by atoms with van der Waals surface area (Å²) in [5.74, 6) is 1.23. The van der Waals surface area contributed by atoms with Crippen LogP contribution in [-0.2, 0) is 4.79 Å². The van der Waals surface area contributed by atoms with E-state index in [0.29, 0.717) is 11.6 Å². The van der Waals surface area contributed by atoms with Crippen molar-refractivity contribution < 1.29 is 4.79 Å². The molecule has 5 heteroatoms. The number of nitrogen functional groups attached to an aromatic ring is 1. The third-order valence-electron chi connectivity index (χ3n) is 2.83. The third-order valence-corrected chi connectivity index (χ3v) is 3.80. The van der Waals surface area contributed by atoms with Crippen molar-refractivity contribution in [3.63, 3.8) is 0 Å². The number of carbonyl (C=O) groups is 1. The SMILES string of the molecule is Nc1ccc(SCC(=O)N2CCCCC2)cn1. The Morgan fingerprint density at radius 2 is 2.12 bits per heavy atom. The number of hydrogen-bond acceptors (Lipinski definition) is 4. The highest BCUT2D eigenvalue weighted by Crippen LogP contribution is 2.19. The van der Waals surface area contributed by atoms with Crippen molar-refractivity contribution in [2.45, 2.75) is 24.2 Å². The summed E-state index contributed by atoms with van der Waals surface area (Å²) in [7, 11) is 0. The maximum Gasteiger partial charge on any atom is 0.232 e. The third kappa shape index (κ3) is 3.63. The normalized spacial score (nSPS) is 15.9. The molecule has 0 atom stereocenters. The van der Waals surface area contributed by atoms with Crippen molar-refractivity contribution in [1.29, 1.82) is 0 Å². The molecule has 1 aliphatic rings. The summed E-state index contributed by atoms with van der Waals surface area (Å²) < 4.78 is 0. The second kappa shape index (κ2) is 5.91. The molecule has 1 aromatic rings. The molecule has 0 aromatic carbocycles. The van der Waals surface area contributed by atoms with Crippen molar-refractivity contribution in [1.82, 2.24) is 9.88 Å². The predicted octanol–water partition coefficient (Wildman–Crippen LogP) is 1.77. The van der Waals surface area contributed by atoms with Gasteiger partial charge in [0.1, 0.15) is 5.82 Å². The summed E-state index contributed by atoms with van der Waals surface area (Å²) in [5, 5.41) is 0. The van der Waals surface area contributed by atoms with E-state index in [1.807, 2.05) is 11.0 Å². The Kier molecular flexibility index (Phi) is 4.25. The van der Waals surface area contributed by atoms with E-state index in [0.717, 1.165) is 30.8 Å². The molecular formula is C12H17N3OS. The number of hydrogen-bond donors (Lipinski definition) is 1. The largest absolute Gasteiger partial charge is 0.384 e. The number of rotatable bonds is 3. The highest BCUT2D eigenvalue weighted by molar-refractivity contribution is 8.00. The minimum atomic E-state index is 0.228. The number of piperidine rings is 1. The van der Waals surface area contributed by atoms with Crippen LogP contribution >= 0.6 is 11.8 Å². The second-order valence-electron chi connectivity index (χ2n) is 4.15. The lowest BCUT2D eigenvalue weighted by atomic mass is 10.1. The molecule has 1 saturated heterocycles. The standard InChI is InChI=1S/C12H17N3OS/c13-11-5-4-10(8-14-11)17-9-12(16)15-6-2-1-3-7-15/h4-5,8H,1-3,6-7,9H2,(H2,13,14). The van der Waals surface area contributed by atoms with Crippen LogP contribution in [-0.4, -0.2) is 34.6 Å². The number of nitrogens with zero attached hydrogens (tertiary/aromatic N) is 2. The van der Waals surface area contributed by atoms with Crippen LogP contribution in [0.15, 0.2) is 23.2 Å². The zero-order valence-corrected chi connectivity index (χ0v) is 10.6. The molecule has 2 heterocycles. The van der Waals surface area contributed by atoms with E-state index >= 15 is 0 Å². The Labute approximate surface area is 106 Å². The predicted molar refractivity (Wildman–Crippen MR) is 69.8 cm³/mol. The van der Waals surface area contributed by atoms with Crippen LogP contribution < -0.4 is 5.73 Å².